The lowest BCUT2D eigenvalue weighted by Gasteiger charge is -2.10. The van der Waals surface area contributed by atoms with Crippen molar-refractivity contribution in [1.82, 2.24) is 0 Å². The van der Waals surface area contributed by atoms with Gasteiger partial charge in [0.15, 0.2) is 0 Å². The van der Waals surface area contributed by atoms with Crippen molar-refractivity contribution in [1.29, 1.82) is 0 Å². The summed E-state index contributed by atoms with van der Waals surface area (Å²) in [5, 5.41) is 9.40. The maximum Gasteiger partial charge on any atom is 0.335 e. The largest absolute Gasteiger partial charge is 0.478 e. The molecule has 1 atom stereocenters. The van der Waals surface area contributed by atoms with Crippen molar-refractivity contribution in [2.24, 2.45) is 0 Å². The molecule has 1 N–H and O–H groups in total. The molecule has 1 unspecified atom stereocenters. The molecular weight excluding hydrogens is 196 g/mol. The summed E-state index contributed by atoms with van der Waals surface area (Å²) in [5.41, 5.74) is 1.34. The van der Waals surface area contributed by atoms with Crippen LogP contribution < -0.4 is 0 Å². The monoisotopic (exact) mass is 210 g/mol. The number of aromatic carboxylic acids is 1. The molecule has 0 aliphatic rings. The van der Waals surface area contributed by atoms with Crippen LogP contribution in [0.3, 0.4) is 0 Å². The fraction of sp³-hybridized carbons (Fsp3) is 0.364. The Bertz CT molecular complexity index is 323. The lowest BCUT2D eigenvalue weighted by Crippen LogP contribution is -2.07. The van der Waals surface area contributed by atoms with Gasteiger partial charge in [-0.2, -0.15) is 11.8 Å². The molecule has 14 heavy (non-hydrogen) atoms. The van der Waals surface area contributed by atoms with Gasteiger partial charge in [0.25, 0.3) is 0 Å². The third kappa shape index (κ3) is 2.77. The van der Waals surface area contributed by atoms with Gasteiger partial charge in [-0.1, -0.05) is 25.1 Å². The molecule has 0 saturated heterocycles. The van der Waals surface area contributed by atoms with E-state index in [1.165, 1.54) is 0 Å². The zero-order chi connectivity index (χ0) is 10.6. The van der Waals surface area contributed by atoms with E-state index in [2.05, 4.69) is 6.92 Å². The maximum atomic E-state index is 10.9. The highest BCUT2D eigenvalue weighted by Crippen LogP contribution is 2.16. The van der Waals surface area contributed by atoms with Gasteiger partial charge >= 0.3 is 5.97 Å². The van der Waals surface area contributed by atoms with Crippen molar-refractivity contribution >= 4 is 17.7 Å². The van der Waals surface area contributed by atoms with Gasteiger partial charge in [0.1, 0.15) is 0 Å². The smallest absolute Gasteiger partial charge is 0.335 e. The molecule has 0 aromatic heterocycles. The standard InChI is InChI=1S/C11H14O2S/c1-8(14-2)7-9-5-3-4-6-10(9)11(12)13/h3-6,8H,7H2,1-2H3,(H,12,13). The van der Waals surface area contributed by atoms with Gasteiger partial charge in [-0.05, 0) is 24.3 Å². The Hall–Kier alpha value is -0.960. The average Bonchev–Trinajstić information content (AvgIpc) is 2.18. The average molecular weight is 210 g/mol. The van der Waals surface area contributed by atoms with Crippen LogP contribution in [0.15, 0.2) is 24.3 Å². The Balaban J connectivity index is 2.90. The van der Waals surface area contributed by atoms with Gasteiger partial charge in [0.05, 0.1) is 5.56 Å². The summed E-state index contributed by atoms with van der Waals surface area (Å²) in [6.45, 7) is 2.10. The van der Waals surface area contributed by atoms with Crippen LogP contribution >= 0.6 is 11.8 Å². The van der Waals surface area contributed by atoms with E-state index >= 15 is 0 Å². The zero-order valence-corrected chi connectivity index (χ0v) is 9.17. The zero-order valence-electron chi connectivity index (χ0n) is 8.36. The first kappa shape index (κ1) is 11.1. The van der Waals surface area contributed by atoms with E-state index in [1.807, 2.05) is 18.4 Å². The molecule has 0 aliphatic carbocycles. The summed E-state index contributed by atoms with van der Waals surface area (Å²) in [6, 6.07) is 7.19. The Morgan fingerprint density at radius 1 is 1.50 bits per heavy atom. The number of carboxylic acids is 1. The van der Waals surface area contributed by atoms with Crippen molar-refractivity contribution < 1.29 is 9.90 Å². The van der Waals surface area contributed by atoms with Gasteiger partial charge in [-0.3, -0.25) is 0 Å². The molecule has 1 rings (SSSR count). The summed E-state index contributed by atoms with van der Waals surface area (Å²) in [4.78, 5) is 10.9. The molecule has 0 bridgehead atoms. The van der Waals surface area contributed by atoms with Crippen molar-refractivity contribution in [3.63, 3.8) is 0 Å². The van der Waals surface area contributed by atoms with E-state index in [1.54, 1.807) is 23.9 Å². The number of thioether (sulfide) groups is 1. The van der Waals surface area contributed by atoms with Crippen molar-refractivity contribution in [2.45, 2.75) is 18.6 Å². The molecule has 0 aliphatic heterocycles. The Kier molecular flexibility index (Phi) is 4.01. The highest BCUT2D eigenvalue weighted by Gasteiger charge is 2.10. The topological polar surface area (TPSA) is 37.3 Å². The first-order valence-corrected chi connectivity index (χ1v) is 5.78. The van der Waals surface area contributed by atoms with E-state index in [9.17, 15) is 4.79 Å². The second kappa shape index (κ2) is 5.05. The molecule has 0 fully saturated rings. The van der Waals surface area contributed by atoms with Crippen LogP contribution in [-0.4, -0.2) is 22.6 Å². The molecule has 0 spiro atoms. The number of benzene rings is 1. The van der Waals surface area contributed by atoms with Gasteiger partial charge < -0.3 is 5.11 Å². The normalized spacial score (nSPS) is 12.4. The Morgan fingerprint density at radius 2 is 2.14 bits per heavy atom. The summed E-state index contributed by atoms with van der Waals surface area (Å²) in [6.07, 6.45) is 2.84. The second-order valence-electron chi connectivity index (χ2n) is 3.21. The van der Waals surface area contributed by atoms with E-state index < -0.39 is 5.97 Å². The predicted molar refractivity (Wildman–Crippen MR) is 60.1 cm³/mol. The third-order valence-corrected chi connectivity index (χ3v) is 3.13. The van der Waals surface area contributed by atoms with E-state index in [4.69, 9.17) is 5.11 Å². The summed E-state index contributed by atoms with van der Waals surface area (Å²) >= 11 is 1.75. The van der Waals surface area contributed by atoms with Crippen molar-refractivity contribution in [2.75, 3.05) is 6.26 Å². The molecule has 0 heterocycles. The number of rotatable bonds is 4. The predicted octanol–water partition coefficient (Wildman–Crippen LogP) is 2.68. The van der Waals surface area contributed by atoms with Crippen LogP contribution in [0.5, 0.6) is 0 Å². The van der Waals surface area contributed by atoms with Crippen molar-refractivity contribution in [3.8, 4) is 0 Å². The fourth-order valence-electron chi connectivity index (χ4n) is 1.30. The molecule has 0 radical (unpaired) electrons. The molecule has 0 amide bonds. The Morgan fingerprint density at radius 3 is 2.71 bits per heavy atom. The maximum absolute atomic E-state index is 10.9. The van der Waals surface area contributed by atoms with Gasteiger partial charge in [-0.25, -0.2) is 4.79 Å². The molecule has 1 aromatic carbocycles. The number of hydrogen-bond donors (Lipinski definition) is 1. The molecule has 2 nitrogen and oxygen atoms in total. The van der Waals surface area contributed by atoms with E-state index in [0.29, 0.717) is 10.8 Å². The summed E-state index contributed by atoms with van der Waals surface area (Å²) in [5.74, 6) is -0.839. The molecule has 0 saturated carbocycles. The highest BCUT2D eigenvalue weighted by molar-refractivity contribution is 7.99. The lowest BCUT2D eigenvalue weighted by molar-refractivity contribution is 0.0695. The van der Waals surface area contributed by atoms with Crippen LogP contribution in [-0.2, 0) is 6.42 Å². The first-order chi connectivity index (χ1) is 6.65. The van der Waals surface area contributed by atoms with Crippen molar-refractivity contribution in [3.05, 3.63) is 35.4 Å². The number of carbonyl (C=O) groups is 1. The highest BCUT2D eigenvalue weighted by atomic mass is 32.2. The molecule has 76 valence electrons. The van der Waals surface area contributed by atoms with Crippen LogP contribution in [0.25, 0.3) is 0 Å². The van der Waals surface area contributed by atoms with Gasteiger partial charge in [0.2, 0.25) is 0 Å². The minimum absolute atomic E-state index is 0.424. The van der Waals surface area contributed by atoms with Crippen LogP contribution in [0.2, 0.25) is 0 Å². The quantitative estimate of drug-likeness (QED) is 0.830. The van der Waals surface area contributed by atoms with E-state index in [0.717, 1.165) is 12.0 Å². The molecule has 3 heteroatoms. The number of hydrogen-bond acceptors (Lipinski definition) is 2. The fourth-order valence-corrected chi connectivity index (χ4v) is 1.65. The third-order valence-electron chi connectivity index (χ3n) is 2.16. The lowest BCUT2D eigenvalue weighted by atomic mass is 10.0. The van der Waals surface area contributed by atoms with Gasteiger partial charge in [-0.15, -0.1) is 0 Å². The van der Waals surface area contributed by atoms with Crippen LogP contribution in [0, 0.1) is 0 Å². The SMILES string of the molecule is CSC(C)Cc1ccccc1C(=O)O. The van der Waals surface area contributed by atoms with E-state index in [-0.39, 0.29) is 0 Å². The van der Waals surface area contributed by atoms with Gasteiger partial charge in [0, 0.05) is 5.25 Å². The minimum Gasteiger partial charge on any atom is -0.478 e. The summed E-state index contributed by atoms with van der Waals surface area (Å²) < 4.78 is 0. The minimum atomic E-state index is -0.839. The molecule has 1 aromatic rings. The number of carboxylic acid groups (broad SMARTS) is 1. The second-order valence-corrected chi connectivity index (χ2v) is 4.49. The first-order valence-electron chi connectivity index (χ1n) is 4.49. The Labute approximate surface area is 88.3 Å². The summed E-state index contributed by atoms with van der Waals surface area (Å²) in [7, 11) is 0. The molecular formula is C11H14O2S. The van der Waals surface area contributed by atoms with Crippen LogP contribution in [0.4, 0.5) is 0 Å². The van der Waals surface area contributed by atoms with Crippen LogP contribution in [0.1, 0.15) is 22.8 Å².